The Morgan fingerprint density at radius 3 is 2.95 bits per heavy atom. The van der Waals surface area contributed by atoms with Crippen LogP contribution in [0.5, 0.6) is 0 Å². The molecule has 1 unspecified atom stereocenters. The first-order valence-corrected chi connectivity index (χ1v) is 6.66. The lowest BCUT2D eigenvalue weighted by atomic mass is 9.90. The van der Waals surface area contributed by atoms with Crippen molar-refractivity contribution in [3.05, 3.63) is 28.4 Å². The molecule has 1 aliphatic heterocycles. The minimum absolute atomic E-state index is 0.0352. The van der Waals surface area contributed by atoms with Crippen LogP contribution < -0.4 is 5.32 Å². The fourth-order valence-electron chi connectivity index (χ4n) is 2.50. The van der Waals surface area contributed by atoms with Gasteiger partial charge in [0.2, 0.25) is 5.82 Å². The van der Waals surface area contributed by atoms with Crippen LogP contribution in [0.1, 0.15) is 26.2 Å². The van der Waals surface area contributed by atoms with Crippen LogP contribution in [0.4, 0.5) is 11.5 Å². The Hall–Kier alpha value is -1.69. The van der Waals surface area contributed by atoms with Gasteiger partial charge in [-0.25, -0.2) is 4.98 Å². The van der Waals surface area contributed by atoms with Gasteiger partial charge in [0, 0.05) is 31.5 Å². The molecule has 0 saturated carbocycles. The number of nitrogens with zero attached hydrogens (tertiary/aromatic N) is 2. The molecule has 0 bridgehead atoms. The molecule has 0 aliphatic carbocycles. The third-order valence-electron chi connectivity index (χ3n) is 3.58. The maximum Gasteiger partial charge on any atom is 0.311 e. The maximum absolute atomic E-state index is 11.0. The summed E-state index contributed by atoms with van der Waals surface area (Å²) in [5.41, 5.74) is 0.0352. The fourth-order valence-corrected chi connectivity index (χ4v) is 2.50. The summed E-state index contributed by atoms with van der Waals surface area (Å²) in [6, 6.07) is 3.27. The summed E-state index contributed by atoms with van der Waals surface area (Å²) >= 11 is 0. The first-order chi connectivity index (χ1) is 9.22. The summed E-state index contributed by atoms with van der Waals surface area (Å²) in [4.78, 5) is 14.7. The quantitative estimate of drug-likeness (QED) is 0.654. The van der Waals surface area contributed by atoms with Crippen LogP contribution in [0.3, 0.4) is 0 Å². The number of hydrogen-bond acceptors (Lipinski definition) is 5. The van der Waals surface area contributed by atoms with Gasteiger partial charge in [0.15, 0.2) is 0 Å². The summed E-state index contributed by atoms with van der Waals surface area (Å²) in [5.74, 6) is 0.853. The van der Waals surface area contributed by atoms with Gasteiger partial charge in [-0.05, 0) is 31.2 Å². The molecule has 1 fully saturated rings. The van der Waals surface area contributed by atoms with E-state index in [0.717, 1.165) is 32.5 Å². The number of pyridine rings is 1. The van der Waals surface area contributed by atoms with Crippen molar-refractivity contribution in [3.63, 3.8) is 0 Å². The molecule has 0 amide bonds. The van der Waals surface area contributed by atoms with E-state index in [-0.39, 0.29) is 11.7 Å². The summed E-state index contributed by atoms with van der Waals surface area (Å²) < 4.78 is 5.35. The predicted octanol–water partition coefficient (Wildman–Crippen LogP) is 2.61. The van der Waals surface area contributed by atoms with Crippen molar-refractivity contribution in [2.24, 2.45) is 5.92 Å². The van der Waals surface area contributed by atoms with Gasteiger partial charge >= 0.3 is 5.69 Å². The summed E-state index contributed by atoms with van der Waals surface area (Å²) in [6.07, 6.45) is 4.47. The van der Waals surface area contributed by atoms with E-state index in [0.29, 0.717) is 11.7 Å². The SMILES string of the molecule is CCC(Nc1ncccc1[N+](=O)[O-])C1CCOCC1. The van der Waals surface area contributed by atoms with Crippen molar-refractivity contribution in [2.75, 3.05) is 18.5 Å². The highest BCUT2D eigenvalue weighted by Crippen LogP contribution is 2.27. The normalized spacial score (nSPS) is 17.9. The van der Waals surface area contributed by atoms with E-state index in [1.165, 1.54) is 6.07 Å². The second-order valence-corrected chi connectivity index (χ2v) is 4.74. The van der Waals surface area contributed by atoms with E-state index in [1.807, 2.05) is 0 Å². The van der Waals surface area contributed by atoms with Gasteiger partial charge in [-0.15, -0.1) is 0 Å². The molecular weight excluding hydrogens is 246 g/mol. The van der Waals surface area contributed by atoms with Crippen LogP contribution in [0, 0.1) is 16.0 Å². The molecule has 6 nitrogen and oxygen atoms in total. The molecule has 6 heteroatoms. The largest absolute Gasteiger partial charge is 0.381 e. The molecular formula is C13H19N3O3. The fraction of sp³-hybridized carbons (Fsp3) is 0.615. The lowest BCUT2D eigenvalue weighted by Gasteiger charge is -2.30. The van der Waals surface area contributed by atoms with Crippen LogP contribution in [0.15, 0.2) is 18.3 Å². The number of ether oxygens (including phenoxy) is 1. The van der Waals surface area contributed by atoms with E-state index in [4.69, 9.17) is 4.74 Å². The Labute approximate surface area is 112 Å². The van der Waals surface area contributed by atoms with Gasteiger partial charge in [-0.3, -0.25) is 10.1 Å². The third-order valence-corrected chi connectivity index (χ3v) is 3.58. The average Bonchev–Trinajstić information content (AvgIpc) is 2.46. The second-order valence-electron chi connectivity index (χ2n) is 4.74. The maximum atomic E-state index is 11.0. The highest BCUT2D eigenvalue weighted by atomic mass is 16.6. The Morgan fingerprint density at radius 1 is 1.58 bits per heavy atom. The van der Waals surface area contributed by atoms with Crippen LogP contribution in [0.2, 0.25) is 0 Å². The molecule has 0 aromatic carbocycles. The molecule has 1 atom stereocenters. The minimum Gasteiger partial charge on any atom is -0.381 e. The zero-order valence-corrected chi connectivity index (χ0v) is 11.0. The number of hydrogen-bond donors (Lipinski definition) is 1. The average molecular weight is 265 g/mol. The minimum atomic E-state index is -0.397. The van der Waals surface area contributed by atoms with Gasteiger partial charge < -0.3 is 10.1 Å². The smallest absolute Gasteiger partial charge is 0.311 e. The van der Waals surface area contributed by atoms with E-state index < -0.39 is 4.92 Å². The zero-order chi connectivity index (χ0) is 13.7. The Bertz CT molecular complexity index is 433. The van der Waals surface area contributed by atoms with Crippen LogP contribution >= 0.6 is 0 Å². The Balaban J connectivity index is 2.11. The van der Waals surface area contributed by atoms with Gasteiger partial charge in [0.25, 0.3) is 0 Å². The second kappa shape index (κ2) is 6.47. The van der Waals surface area contributed by atoms with Crippen molar-refractivity contribution in [1.29, 1.82) is 0 Å². The van der Waals surface area contributed by atoms with E-state index in [1.54, 1.807) is 12.3 Å². The molecule has 2 heterocycles. The number of aromatic nitrogens is 1. The lowest BCUT2D eigenvalue weighted by Crippen LogP contribution is -2.33. The summed E-state index contributed by atoms with van der Waals surface area (Å²) in [5, 5.41) is 14.2. The first-order valence-electron chi connectivity index (χ1n) is 6.66. The number of nitro groups is 1. The standard InChI is InChI=1S/C13H19N3O3/c1-2-11(10-5-8-19-9-6-10)15-13-12(16(17)18)4-3-7-14-13/h3-4,7,10-11H,2,5-6,8-9H2,1H3,(H,14,15). The van der Waals surface area contributed by atoms with Crippen molar-refractivity contribution < 1.29 is 9.66 Å². The molecule has 0 spiro atoms. The molecule has 1 aromatic heterocycles. The predicted molar refractivity (Wildman–Crippen MR) is 72.1 cm³/mol. The molecule has 1 saturated heterocycles. The number of rotatable bonds is 5. The van der Waals surface area contributed by atoms with Crippen LogP contribution in [-0.4, -0.2) is 29.2 Å². The molecule has 0 radical (unpaired) electrons. The highest BCUT2D eigenvalue weighted by molar-refractivity contribution is 5.55. The third kappa shape index (κ3) is 3.41. The molecule has 104 valence electrons. The molecule has 1 N–H and O–H groups in total. The topological polar surface area (TPSA) is 77.3 Å². The lowest BCUT2D eigenvalue weighted by molar-refractivity contribution is -0.384. The van der Waals surface area contributed by atoms with Crippen molar-refractivity contribution >= 4 is 11.5 Å². The number of anilines is 1. The van der Waals surface area contributed by atoms with Crippen LogP contribution in [-0.2, 0) is 4.74 Å². The van der Waals surface area contributed by atoms with Gasteiger partial charge in [-0.2, -0.15) is 0 Å². The Kier molecular flexibility index (Phi) is 4.68. The van der Waals surface area contributed by atoms with Gasteiger partial charge in [0.1, 0.15) is 0 Å². The van der Waals surface area contributed by atoms with Crippen molar-refractivity contribution in [1.82, 2.24) is 4.98 Å². The van der Waals surface area contributed by atoms with Crippen molar-refractivity contribution in [3.8, 4) is 0 Å². The van der Waals surface area contributed by atoms with Crippen LogP contribution in [0.25, 0.3) is 0 Å². The monoisotopic (exact) mass is 265 g/mol. The molecule has 1 aromatic rings. The zero-order valence-electron chi connectivity index (χ0n) is 11.0. The molecule has 19 heavy (non-hydrogen) atoms. The first kappa shape index (κ1) is 13.7. The van der Waals surface area contributed by atoms with E-state index >= 15 is 0 Å². The highest BCUT2D eigenvalue weighted by Gasteiger charge is 2.25. The summed E-state index contributed by atoms with van der Waals surface area (Å²) in [6.45, 7) is 3.63. The summed E-state index contributed by atoms with van der Waals surface area (Å²) in [7, 11) is 0. The van der Waals surface area contributed by atoms with Crippen molar-refractivity contribution in [2.45, 2.75) is 32.2 Å². The Morgan fingerprint density at radius 2 is 2.32 bits per heavy atom. The molecule has 1 aliphatic rings. The van der Waals surface area contributed by atoms with E-state index in [9.17, 15) is 10.1 Å². The van der Waals surface area contributed by atoms with Gasteiger partial charge in [-0.1, -0.05) is 6.92 Å². The molecule has 2 rings (SSSR count). The number of nitrogens with one attached hydrogen (secondary N) is 1. The van der Waals surface area contributed by atoms with E-state index in [2.05, 4.69) is 17.2 Å². The van der Waals surface area contributed by atoms with Gasteiger partial charge in [0.05, 0.1) is 4.92 Å².